The van der Waals surface area contributed by atoms with Crippen molar-refractivity contribution in [2.45, 2.75) is 12.5 Å². The van der Waals surface area contributed by atoms with E-state index in [2.05, 4.69) is 21.4 Å². The lowest BCUT2D eigenvalue weighted by atomic mass is 10.1. The molecular weight excluding hydrogens is 326 g/mol. The number of hydrogen-bond acceptors (Lipinski definition) is 5. The Balaban J connectivity index is 1.55. The molecule has 0 spiro atoms. The number of fused-ring (bicyclic) bond motifs is 1. The molecule has 4 rings (SSSR count). The van der Waals surface area contributed by atoms with E-state index in [-0.39, 0.29) is 11.9 Å². The fourth-order valence-corrected chi connectivity index (χ4v) is 3.30. The Morgan fingerprint density at radius 2 is 2.04 bits per heavy atom. The van der Waals surface area contributed by atoms with Gasteiger partial charge >= 0.3 is 0 Å². The third-order valence-corrected chi connectivity index (χ3v) is 4.60. The van der Waals surface area contributed by atoms with E-state index in [9.17, 15) is 10.1 Å². The molecule has 0 saturated carbocycles. The molecule has 0 bridgehead atoms. The van der Waals surface area contributed by atoms with Crippen molar-refractivity contribution < 1.29 is 4.79 Å². The monoisotopic (exact) mass is 343 g/mol. The van der Waals surface area contributed by atoms with Crippen LogP contribution in [0.2, 0.25) is 0 Å². The van der Waals surface area contributed by atoms with Crippen LogP contribution in [0, 0.1) is 11.3 Å². The molecule has 1 amide bonds. The standard InChI is InChI=1S/C20H17N5O/c21-11-14-12-23-17-6-2-1-5-16(17)19(14)24-15-8-10-25(13-15)20(26)18-7-3-4-9-22-18/h1-7,9,12,15H,8,10,13H2,(H,23,24)/t15-/m0/s1. The zero-order chi connectivity index (χ0) is 17.9. The summed E-state index contributed by atoms with van der Waals surface area (Å²) in [5.74, 6) is -0.0602. The van der Waals surface area contributed by atoms with Gasteiger partial charge < -0.3 is 10.2 Å². The van der Waals surface area contributed by atoms with Crippen molar-refractivity contribution in [3.63, 3.8) is 0 Å². The maximum Gasteiger partial charge on any atom is 0.272 e. The Labute approximate surface area is 151 Å². The van der Waals surface area contributed by atoms with Crippen molar-refractivity contribution in [1.82, 2.24) is 14.9 Å². The minimum atomic E-state index is -0.0602. The van der Waals surface area contributed by atoms with Crippen LogP contribution >= 0.6 is 0 Å². The number of amides is 1. The minimum absolute atomic E-state index is 0.0602. The van der Waals surface area contributed by atoms with Crippen molar-refractivity contribution in [3.8, 4) is 6.07 Å². The molecule has 1 fully saturated rings. The summed E-state index contributed by atoms with van der Waals surface area (Å²) in [5.41, 5.74) is 2.60. The van der Waals surface area contributed by atoms with Crippen molar-refractivity contribution in [2.24, 2.45) is 0 Å². The van der Waals surface area contributed by atoms with Gasteiger partial charge in [0, 0.05) is 36.9 Å². The number of rotatable bonds is 3. The van der Waals surface area contributed by atoms with Gasteiger partial charge in [0.05, 0.1) is 16.8 Å². The Kier molecular flexibility index (Phi) is 4.20. The number of carbonyl (C=O) groups is 1. The SMILES string of the molecule is N#Cc1cnc2ccccc2c1N[C@H]1CCN(C(=O)c2ccccn2)C1. The second-order valence-electron chi connectivity index (χ2n) is 6.27. The number of nitrogens with one attached hydrogen (secondary N) is 1. The van der Waals surface area contributed by atoms with Gasteiger partial charge in [0.1, 0.15) is 11.8 Å². The van der Waals surface area contributed by atoms with E-state index in [0.717, 1.165) is 23.0 Å². The number of benzene rings is 1. The Morgan fingerprint density at radius 3 is 2.85 bits per heavy atom. The first-order valence-corrected chi connectivity index (χ1v) is 8.51. The lowest BCUT2D eigenvalue weighted by molar-refractivity contribution is 0.0786. The van der Waals surface area contributed by atoms with Gasteiger partial charge in [-0.1, -0.05) is 24.3 Å². The molecule has 3 heterocycles. The predicted octanol–water partition coefficient (Wildman–Crippen LogP) is 2.83. The largest absolute Gasteiger partial charge is 0.379 e. The normalized spacial score (nSPS) is 16.4. The molecule has 2 aromatic heterocycles. The van der Waals surface area contributed by atoms with Crippen LogP contribution in [0.25, 0.3) is 10.9 Å². The zero-order valence-corrected chi connectivity index (χ0v) is 14.1. The van der Waals surface area contributed by atoms with Crippen LogP contribution < -0.4 is 5.32 Å². The van der Waals surface area contributed by atoms with E-state index in [1.165, 1.54) is 0 Å². The number of aromatic nitrogens is 2. The molecule has 3 aromatic rings. The van der Waals surface area contributed by atoms with Crippen LogP contribution in [-0.2, 0) is 0 Å². The Morgan fingerprint density at radius 1 is 1.19 bits per heavy atom. The van der Waals surface area contributed by atoms with E-state index < -0.39 is 0 Å². The molecule has 1 N–H and O–H groups in total. The van der Waals surface area contributed by atoms with E-state index in [1.807, 2.05) is 30.3 Å². The summed E-state index contributed by atoms with van der Waals surface area (Å²) in [6.07, 6.45) is 4.04. The first-order valence-electron chi connectivity index (χ1n) is 8.51. The lowest BCUT2D eigenvalue weighted by Gasteiger charge is -2.19. The summed E-state index contributed by atoms with van der Waals surface area (Å²) in [6.45, 7) is 1.24. The quantitative estimate of drug-likeness (QED) is 0.791. The molecule has 1 aromatic carbocycles. The van der Waals surface area contributed by atoms with E-state index >= 15 is 0 Å². The molecule has 1 saturated heterocycles. The van der Waals surface area contributed by atoms with Gasteiger partial charge in [0.15, 0.2) is 0 Å². The maximum absolute atomic E-state index is 12.6. The highest BCUT2D eigenvalue weighted by Crippen LogP contribution is 2.27. The van der Waals surface area contributed by atoms with Crippen LogP contribution in [0.3, 0.4) is 0 Å². The fourth-order valence-electron chi connectivity index (χ4n) is 3.30. The highest BCUT2D eigenvalue weighted by Gasteiger charge is 2.28. The molecule has 0 unspecified atom stereocenters. The van der Waals surface area contributed by atoms with Crippen LogP contribution in [0.1, 0.15) is 22.5 Å². The van der Waals surface area contributed by atoms with Gasteiger partial charge in [-0.3, -0.25) is 14.8 Å². The van der Waals surface area contributed by atoms with Gasteiger partial charge in [0.2, 0.25) is 0 Å². The summed E-state index contributed by atoms with van der Waals surface area (Å²) in [6, 6.07) is 15.4. The van der Waals surface area contributed by atoms with Crippen molar-refractivity contribution in [2.75, 3.05) is 18.4 Å². The van der Waals surface area contributed by atoms with Gasteiger partial charge in [-0.25, -0.2) is 0 Å². The van der Waals surface area contributed by atoms with Crippen LogP contribution in [0.4, 0.5) is 5.69 Å². The molecule has 0 radical (unpaired) electrons. The lowest BCUT2D eigenvalue weighted by Crippen LogP contribution is -2.32. The number of para-hydroxylation sites is 1. The summed E-state index contributed by atoms with van der Waals surface area (Å²) in [5, 5.41) is 13.8. The van der Waals surface area contributed by atoms with Crippen LogP contribution in [0.5, 0.6) is 0 Å². The number of hydrogen-bond donors (Lipinski definition) is 1. The van der Waals surface area contributed by atoms with Gasteiger partial charge in [-0.15, -0.1) is 0 Å². The van der Waals surface area contributed by atoms with Crippen LogP contribution in [-0.4, -0.2) is 39.9 Å². The molecular formula is C20H17N5O. The Hall–Kier alpha value is -3.46. The molecule has 1 atom stereocenters. The maximum atomic E-state index is 12.6. The molecule has 1 aliphatic rings. The van der Waals surface area contributed by atoms with E-state index in [4.69, 9.17) is 0 Å². The van der Waals surface area contributed by atoms with E-state index in [0.29, 0.717) is 24.3 Å². The highest BCUT2D eigenvalue weighted by atomic mass is 16.2. The molecule has 128 valence electrons. The first kappa shape index (κ1) is 16.0. The average Bonchev–Trinajstić information content (AvgIpc) is 3.17. The summed E-state index contributed by atoms with van der Waals surface area (Å²) >= 11 is 0. The second-order valence-corrected chi connectivity index (χ2v) is 6.27. The average molecular weight is 343 g/mol. The second kappa shape index (κ2) is 6.81. The highest BCUT2D eigenvalue weighted by molar-refractivity contribution is 5.94. The molecule has 6 heteroatoms. The number of likely N-dealkylation sites (tertiary alicyclic amines) is 1. The van der Waals surface area contributed by atoms with Gasteiger partial charge in [-0.05, 0) is 24.6 Å². The summed E-state index contributed by atoms with van der Waals surface area (Å²) in [4.78, 5) is 22.8. The molecule has 0 aliphatic carbocycles. The molecule has 26 heavy (non-hydrogen) atoms. The van der Waals surface area contributed by atoms with Crippen molar-refractivity contribution >= 4 is 22.5 Å². The number of pyridine rings is 2. The number of nitrogens with zero attached hydrogens (tertiary/aromatic N) is 4. The first-order chi connectivity index (χ1) is 12.8. The Bertz CT molecular complexity index is 996. The smallest absolute Gasteiger partial charge is 0.272 e. The van der Waals surface area contributed by atoms with E-state index in [1.54, 1.807) is 29.4 Å². The third-order valence-electron chi connectivity index (χ3n) is 4.60. The molecule has 1 aliphatic heterocycles. The summed E-state index contributed by atoms with van der Waals surface area (Å²) < 4.78 is 0. The summed E-state index contributed by atoms with van der Waals surface area (Å²) in [7, 11) is 0. The predicted molar refractivity (Wildman–Crippen MR) is 98.6 cm³/mol. The third kappa shape index (κ3) is 2.95. The fraction of sp³-hybridized carbons (Fsp3) is 0.200. The van der Waals surface area contributed by atoms with Crippen LogP contribution in [0.15, 0.2) is 54.9 Å². The van der Waals surface area contributed by atoms with Gasteiger partial charge in [0.25, 0.3) is 5.91 Å². The zero-order valence-electron chi connectivity index (χ0n) is 14.1. The number of nitriles is 1. The topological polar surface area (TPSA) is 81.9 Å². The van der Waals surface area contributed by atoms with Crippen molar-refractivity contribution in [3.05, 3.63) is 66.1 Å². The minimum Gasteiger partial charge on any atom is -0.379 e. The van der Waals surface area contributed by atoms with Gasteiger partial charge in [-0.2, -0.15) is 5.26 Å². The number of anilines is 1. The molecule has 6 nitrogen and oxygen atoms in total. The number of carbonyl (C=O) groups excluding carboxylic acids is 1. The van der Waals surface area contributed by atoms with Crippen molar-refractivity contribution in [1.29, 1.82) is 5.26 Å².